The van der Waals surface area contributed by atoms with Gasteiger partial charge in [0.25, 0.3) is 0 Å². The summed E-state index contributed by atoms with van der Waals surface area (Å²) in [6, 6.07) is 0.159. The van der Waals surface area contributed by atoms with E-state index in [1.807, 2.05) is 6.92 Å². The lowest BCUT2D eigenvalue weighted by molar-refractivity contribution is -0.306. The zero-order chi connectivity index (χ0) is 9.68. The molecule has 1 unspecified atom stereocenters. The number of carboxylic acids is 1. The molecule has 0 aromatic carbocycles. The summed E-state index contributed by atoms with van der Waals surface area (Å²) in [7, 11) is 0. The normalized spacial score (nSPS) is 21.3. The smallest absolute Gasteiger partial charge is 0.0429 e. The minimum atomic E-state index is -0.939. The Morgan fingerprint density at radius 2 is 2.15 bits per heavy atom. The molecule has 4 nitrogen and oxygen atoms in total. The van der Waals surface area contributed by atoms with Crippen LogP contribution < -0.4 is 10.4 Å². The van der Waals surface area contributed by atoms with Crippen molar-refractivity contribution in [3.05, 3.63) is 0 Å². The Balaban J connectivity index is 2.39. The Hall–Kier alpha value is -0.610. The van der Waals surface area contributed by atoms with Crippen molar-refractivity contribution in [3.8, 4) is 0 Å². The molecule has 0 saturated carbocycles. The first-order chi connectivity index (χ1) is 6.24. The van der Waals surface area contributed by atoms with Gasteiger partial charge in [0.05, 0.1) is 0 Å². The number of carboxylic acid groups (broad SMARTS) is 1. The Morgan fingerprint density at radius 3 is 2.62 bits per heavy atom. The Labute approximate surface area is 78.9 Å². The van der Waals surface area contributed by atoms with Crippen molar-refractivity contribution in [1.29, 1.82) is 0 Å². The molecule has 4 heteroatoms. The lowest BCUT2D eigenvalue weighted by Gasteiger charge is -2.34. The Kier molecular flexibility index (Phi) is 4.18. The maximum atomic E-state index is 10.5. The molecule has 76 valence electrons. The van der Waals surface area contributed by atoms with Gasteiger partial charge < -0.3 is 15.2 Å². The summed E-state index contributed by atoms with van der Waals surface area (Å²) in [5, 5.41) is 13.7. The van der Waals surface area contributed by atoms with E-state index in [0.29, 0.717) is 0 Å². The third kappa shape index (κ3) is 3.32. The summed E-state index contributed by atoms with van der Waals surface area (Å²) < 4.78 is 0. The third-order valence-electron chi connectivity index (χ3n) is 2.54. The van der Waals surface area contributed by atoms with Gasteiger partial charge in [-0.05, 0) is 6.42 Å². The first-order valence-corrected chi connectivity index (χ1v) is 4.88. The molecule has 13 heavy (non-hydrogen) atoms. The van der Waals surface area contributed by atoms with Gasteiger partial charge in [-0.2, -0.15) is 0 Å². The Bertz CT molecular complexity index is 167. The van der Waals surface area contributed by atoms with Gasteiger partial charge in [0.2, 0.25) is 0 Å². The molecular weight excluding hydrogens is 168 g/mol. The number of carbonyl (C=O) groups is 1. The predicted octanol–water partition coefficient (Wildman–Crippen LogP) is -1.19. The fraction of sp³-hybridized carbons (Fsp3) is 0.889. The summed E-state index contributed by atoms with van der Waals surface area (Å²) in [4.78, 5) is 12.7. The molecule has 1 aliphatic heterocycles. The summed E-state index contributed by atoms with van der Waals surface area (Å²) >= 11 is 0. The van der Waals surface area contributed by atoms with E-state index in [9.17, 15) is 9.90 Å². The van der Waals surface area contributed by atoms with Crippen molar-refractivity contribution in [3.63, 3.8) is 0 Å². The second-order valence-electron chi connectivity index (χ2n) is 3.42. The van der Waals surface area contributed by atoms with E-state index in [2.05, 4.69) is 10.2 Å². The number of nitrogens with one attached hydrogen (secondary N) is 1. The third-order valence-corrected chi connectivity index (χ3v) is 2.54. The van der Waals surface area contributed by atoms with E-state index in [1.54, 1.807) is 0 Å². The lowest BCUT2D eigenvalue weighted by Crippen LogP contribution is -2.49. The summed E-state index contributed by atoms with van der Waals surface area (Å²) in [6.07, 6.45) is 1.05. The number of piperazine rings is 1. The molecule has 0 radical (unpaired) electrons. The van der Waals surface area contributed by atoms with Crippen LogP contribution in [0.2, 0.25) is 0 Å². The highest BCUT2D eigenvalue weighted by atomic mass is 16.4. The minimum Gasteiger partial charge on any atom is -0.550 e. The van der Waals surface area contributed by atoms with Gasteiger partial charge in [0, 0.05) is 44.6 Å². The van der Waals surface area contributed by atoms with Crippen molar-refractivity contribution in [2.24, 2.45) is 0 Å². The average Bonchev–Trinajstić information content (AvgIpc) is 2.15. The van der Waals surface area contributed by atoms with Crippen LogP contribution in [-0.4, -0.2) is 43.1 Å². The predicted molar refractivity (Wildman–Crippen MR) is 48.1 cm³/mol. The second kappa shape index (κ2) is 5.19. The molecule has 0 spiro atoms. The van der Waals surface area contributed by atoms with E-state index >= 15 is 0 Å². The fourth-order valence-corrected chi connectivity index (χ4v) is 1.77. The van der Waals surface area contributed by atoms with Crippen LogP contribution in [-0.2, 0) is 4.79 Å². The monoisotopic (exact) mass is 185 g/mol. The fourth-order valence-electron chi connectivity index (χ4n) is 1.77. The van der Waals surface area contributed by atoms with Crippen LogP contribution in [0.4, 0.5) is 0 Å². The molecule has 0 aromatic heterocycles. The zero-order valence-electron chi connectivity index (χ0n) is 8.08. The highest BCUT2D eigenvalue weighted by Gasteiger charge is 2.18. The first-order valence-electron chi connectivity index (χ1n) is 4.88. The molecule has 1 atom stereocenters. The SMILES string of the molecule is CCC(CC(=O)[O-])N1CCNCC1. The van der Waals surface area contributed by atoms with E-state index in [-0.39, 0.29) is 12.5 Å². The van der Waals surface area contributed by atoms with E-state index in [0.717, 1.165) is 32.6 Å². The summed E-state index contributed by atoms with van der Waals surface area (Å²) in [6.45, 7) is 5.85. The van der Waals surface area contributed by atoms with E-state index in [1.165, 1.54) is 0 Å². The van der Waals surface area contributed by atoms with E-state index in [4.69, 9.17) is 0 Å². The number of hydrogen-bond acceptors (Lipinski definition) is 4. The van der Waals surface area contributed by atoms with Crippen LogP contribution in [0.25, 0.3) is 0 Å². The van der Waals surface area contributed by atoms with E-state index < -0.39 is 5.97 Å². The maximum absolute atomic E-state index is 10.5. The standard InChI is InChI=1S/C9H18N2O2/c1-2-8(7-9(12)13)11-5-3-10-4-6-11/h8,10H,2-7H2,1H3,(H,12,13)/p-1. The topological polar surface area (TPSA) is 55.4 Å². The number of aliphatic carboxylic acids is 1. The first kappa shape index (κ1) is 10.5. The molecule has 0 amide bonds. The number of nitrogens with zero attached hydrogens (tertiary/aromatic N) is 1. The van der Waals surface area contributed by atoms with Crippen LogP contribution in [0.1, 0.15) is 19.8 Å². The highest BCUT2D eigenvalue weighted by Crippen LogP contribution is 2.08. The van der Waals surface area contributed by atoms with Gasteiger partial charge in [-0.1, -0.05) is 6.92 Å². The number of carbonyl (C=O) groups excluding carboxylic acids is 1. The summed E-state index contributed by atoms with van der Waals surface area (Å²) in [5.41, 5.74) is 0. The van der Waals surface area contributed by atoms with Crippen molar-refractivity contribution in [2.45, 2.75) is 25.8 Å². The molecule has 1 aliphatic rings. The zero-order valence-corrected chi connectivity index (χ0v) is 8.08. The van der Waals surface area contributed by atoms with Crippen LogP contribution in [0.15, 0.2) is 0 Å². The largest absolute Gasteiger partial charge is 0.550 e. The van der Waals surface area contributed by atoms with Crippen molar-refractivity contribution >= 4 is 5.97 Å². The van der Waals surface area contributed by atoms with Crippen LogP contribution in [0.3, 0.4) is 0 Å². The molecule has 1 rings (SSSR count). The lowest BCUT2D eigenvalue weighted by atomic mass is 10.1. The van der Waals surface area contributed by atoms with Crippen molar-refractivity contribution in [1.82, 2.24) is 10.2 Å². The van der Waals surface area contributed by atoms with Gasteiger partial charge >= 0.3 is 0 Å². The van der Waals surface area contributed by atoms with Gasteiger partial charge in [0.1, 0.15) is 0 Å². The molecular formula is C9H17N2O2-. The average molecular weight is 185 g/mol. The quantitative estimate of drug-likeness (QED) is 0.598. The maximum Gasteiger partial charge on any atom is 0.0429 e. The van der Waals surface area contributed by atoms with Crippen molar-refractivity contribution in [2.75, 3.05) is 26.2 Å². The summed E-state index contributed by atoms with van der Waals surface area (Å²) in [5.74, 6) is -0.939. The van der Waals surface area contributed by atoms with Crippen LogP contribution >= 0.6 is 0 Å². The van der Waals surface area contributed by atoms with Gasteiger partial charge in [-0.3, -0.25) is 4.90 Å². The molecule has 1 fully saturated rings. The number of rotatable bonds is 4. The van der Waals surface area contributed by atoms with Crippen molar-refractivity contribution < 1.29 is 9.90 Å². The van der Waals surface area contributed by atoms with Gasteiger partial charge in [0.15, 0.2) is 0 Å². The molecule has 1 heterocycles. The Morgan fingerprint density at radius 1 is 1.54 bits per heavy atom. The van der Waals surface area contributed by atoms with Crippen LogP contribution in [0, 0.1) is 0 Å². The molecule has 1 N–H and O–H groups in total. The van der Waals surface area contributed by atoms with Gasteiger partial charge in [-0.15, -0.1) is 0 Å². The van der Waals surface area contributed by atoms with Crippen LogP contribution in [0.5, 0.6) is 0 Å². The molecule has 0 aliphatic carbocycles. The molecule has 1 saturated heterocycles. The van der Waals surface area contributed by atoms with Gasteiger partial charge in [-0.25, -0.2) is 0 Å². The highest BCUT2D eigenvalue weighted by molar-refractivity contribution is 5.65. The second-order valence-corrected chi connectivity index (χ2v) is 3.42. The molecule has 0 bridgehead atoms. The minimum absolute atomic E-state index is 0.159. The number of hydrogen-bond donors (Lipinski definition) is 1. The molecule has 0 aromatic rings.